The smallest absolute Gasteiger partial charge is 0.234 e. The van der Waals surface area contributed by atoms with E-state index in [-0.39, 0.29) is 17.5 Å². The Morgan fingerprint density at radius 3 is 2.58 bits per heavy atom. The van der Waals surface area contributed by atoms with Crippen molar-refractivity contribution in [1.82, 2.24) is 10.2 Å². The quantitative estimate of drug-likeness (QED) is 0.510. The van der Waals surface area contributed by atoms with Crippen LogP contribution in [-0.2, 0) is 4.79 Å². The number of hydrogen-bond acceptors (Lipinski definition) is 6. The molecule has 0 fully saturated rings. The van der Waals surface area contributed by atoms with E-state index in [1.54, 1.807) is 36.4 Å². The Morgan fingerprint density at radius 2 is 1.85 bits per heavy atom. The largest absolute Gasteiger partial charge is 0.328 e. The van der Waals surface area contributed by atoms with E-state index in [1.165, 1.54) is 29.2 Å². The Morgan fingerprint density at radius 1 is 1.12 bits per heavy atom. The summed E-state index contributed by atoms with van der Waals surface area (Å²) in [4.78, 5) is 12.1. The lowest BCUT2D eigenvalue weighted by Crippen LogP contribution is -2.14. The Kier molecular flexibility index (Phi) is 6.31. The van der Waals surface area contributed by atoms with Crippen LogP contribution < -0.4 is 10.6 Å². The summed E-state index contributed by atoms with van der Waals surface area (Å²) in [6, 6.07) is 11.2. The number of carbonyl (C=O) groups is 1. The number of para-hydroxylation sites is 2. The van der Waals surface area contributed by atoms with Gasteiger partial charge in [-0.3, -0.25) is 4.79 Å². The zero-order chi connectivity index (χ0) is 18.5. The number of nitrogens with one attached hydrogen (secondary N) is 2. The molecule has 0 saturated carbocycles. The number of anilines is 3. The van der Waals surface area contributed by atoms with E-state index < -0.39 is 0 Å². The number of aromatic nitrogens is 2. The summed E-state index contributed by atoms with van der Waals surface area (Å²) in [5.41, 5.74) is 0.687. The second-order valence-electron chi connectivity index (χ2n) is 4.91. The van der Waals surface area contributed by atoms with Crippen LogP contribution >= 0.6 is 46.3 Å². The number of halogens is 3. The normalized spacial score (nSPS) is 10.6. The number of carbonyl (C=O) groups excluding carboxylic acids is 1. The molecule has 0 bridgehead atoms. The highest BCUT2D eigenvalue weighted by atomic mass is 35.5. The first kappa shape index (κ1) is 18.9. The first-order valence-corrected chi connectivity index (χ1v) is 9.80. The Labute approximate surface area is 166 Å². The predicted octanol–water partition coefficient (Wildman–Crippen LogP) is 5.46. The average Bonchev–Trinajstić information content (AvgIpc) is 3.06. The van der Waals surface area contributed by atoms with Crippen molar-refractivity contribution in [3.63, 3.8) is 0 Å². The third-order valence-electron chi connectivity index (χ3n) is 3.08. The van der Waals surface area contributed by atoms with Gasteiger partial charge in [-0.05, 0) is 24.3 Å². The Hall–Kier alpha value is -1.87. The van der Waals surface area contributed by atoms with Crippen molar-refractivity contribution in [2.24, 2.45) is 0 Å². The van der Waals surface area contributed by atoms with Gasteiger partial charge < -0.3 is 10.6 Å². The monoisotopic (exact) mass is 428 g/mol. The van der Waals surface area contributed by atoms with Gasteiger partial charge in [0.15, 0.2) is 4.34 Å². The van der Waals surface area contributed by atoms with Crippen LogP contribution in [0.15, 0.2) is 46.8 Å². The fourth-order valence-corrected chi connectivity index (χ4v) is 3.97. The standard InChI is InChI=1S/C16H11Cl2FN4OS2/c17-9-4-3-5-10(18)14(9)21-13(24)8-25-16-23-22-15(26-16)20-12-7-2-1-6-11(12)19/h1-7H,8H2,(H,20,22)(H,21,24). The molecule has 5 nitrogen and oxygen atoms in total. The zero-order valence-corrected chi connectivity index (χ0v) is 16.1. The first-order valence-electron chi connectivity index (χ1n) is 7.24. The van der Waals surface area contributed by atoms with E-state index in [0.29, 0.717) is 30.9 Å². The van der Waals surface area contributed by atoms with Crippen molar-refractivity contribution in [1.29, 1.82) is 0 Å². The molecule has 134 valence electrons. The molecular weight excluding hydrogens is 418 g/mol. The van der Waals surface area contributed by atoms with Gasteiger partial charge >= 0.3 is 0 Å². The molecule has 0 spiro atoms. The average molecular weight is 429 g/mol. The highest BCUT2D eigenvalue weighted by molar-refractivity contribution is 8.01. The van der Waals surface area contributed by atoms with Crippen molar-refractivity contribution in [2.45, 2.75) is 4.34 Å². The van der Waals surface area contributed by atoms with Crippen LogP contribution in [0, 0.1) is 5.82 Å². The molecular formula is C16H11Cl2FN4OS2. The fourth-order valence-electron chi connectivity index (χ4n) is 1.92. The summed E-state index contributed by atoms with van der Waals surface area (Å²) >= 11 is 14.5. The van der Waals surface area contributed by atoms with Crippen molar-refractivity contribution in [3.05, 3.63) is 58.3 Å². The number of benzene rings is 2. The van der Waals surface area contributed by atoms with E-state index in [1.807, 2.05) is 0 Å². The van der Waals surface area contributed by atoms with Gasteiger partial charge in [0, 0.05) is 0 Å². The molecule has 0 aliphatic heterocycles. The third kappa shape index (κ3) is 4.85. The lowest BCUT2D eigenvalue weighted by atomic mass is 10.3. The molecule has 0 radical (unpaired) electrons. The lowest BCUT2D eigenvalue weighted by molar-refractivity contribution is -0.113. The van der Waals surface area contributed by atoms with Gasteiger partial charge in [0.05, 0.1) is 27.2 Å². The van der Waals surface area contributed by atoms with Crippen LogP contribution in [0.2, 0.25) is 10.0 Å². The molecule has 0 atom stereocenters. The first-order chi connectivity index (χ1) is 12.5. The van der Waals surface area contributed by atoms with Gasteiger partial charge in [-0.2, -0.15) is 0 Å². The third-order valence-corrected chi connectivity index (χ3v) is 5.68. The van der Waals surface area contributed by atoms with E-state index in [0.717, 1.165) is 0 Å². The van der Waals surface area contributed by atoms with Crippen LogP contribution in [0.3, 0.4) is 0 Å². The predicted molar refractivity (Wildman–Crippen MR) is 105 cm³/mol. The maximum atomic E-state index is 13.6. The van der Waals surface area contributed by atoms with Crippen molar-refractivity contribution in [3.8, 4) is 0 Å². The topological polar surface area (TPSA) is 66.9 Å². The number of rotatable bonds is 6. The maximum absolute atomic E-state index is 13.6. The molecule has 1 amide bonds. The van der Waals surface area contributed by atoms with Crippen LogP contribution in [0.25, 0.3) is 0 Å². The number of thioether (sulfide) groups is 1. The molecule has 0 aliphatic rings. The van der Waals surface area contributed by atoms with Crippen molar-refractivity contribution in [2.75, 3.05) is 16.4 Å². The van der Waals surface area contributed by atoms with Gasteiger partial charge in [-0.1, -0.05) is 64.5 Å². The van der Waals surface area contributed by atoms with Gasteiger partial charge in [0.2, 0.25) is 11.0 Å². The van der Waals surface area contributed by atoms with Crippen LogP contribution in [0.5, 0.6) is 0 Å². The van der Waals surface area contributed by atoms with Gasteiger partial charge in [-0.25, -0.2) is 4.39 Å². The Bertz CT molecular complexity index is 918. The summed E-state index contributed by atoms with van der Waals surface area (Å²) in [5.74, 6) is -0.549. The van der Waals surface area contributed by atoms with Gasteiger partial charge in [-0.15, -0.1) is 10.2 Å². The number of nitrogens with zero attached hydrogens (tertiary/aromatic N) is 2. The summed E-state index contributed by atoms with van der Waals surface area (Å²) in [5, 5.41) is 14.6. The zero-order valence-electron chi connectivity index (χ0n) is 13.0. The van der Waals surface area contributed by atoms with Crippen LogP contribution in [-0.4, -0.2) is 21.9 Å². The molecule has 10 heteroatoms. The maximum Gasteiger partial charge on any atom is 0.234 e. The molecule has 1 heterocycles. The fraction of sp³-hybridized carbons (Fsp3) is 0.0625. The van der Waals surface area contributed by atoms with E-state index in [9.17, 15) is 9.18 Å². The second kappa shape index (κ2) is 8.68. The highest BCUT2D eigenvalue weighted by Crippen LogP contribution is 2.31. The van der Waals surface area contributed by atoms with E-state index in [4.69, 9.17) is 23.2 Å². The SMILES string of the molecule is O=C(CSc1nnc(Nc2ccccc2F)s1)Nc1c(Cl)cccc1Cl. The molecule has 3 aromatic rings. The molecule has 0 aliphatic carbocycles. The molecule has 3 rings (SSSR count). The Balaban J connectivity index is 1.56. The van der Waals surface area contributed by atoms with Crippen LogP contribution in [0.1, 0.15) is 0 Å². The van der Waals surface area contributed by atoms with Crippen molar-refractivity contribution < 1.29 is 9.18 Å². The minimum absolute atomic E-state index is 0.107. The molecule has 0 saturated heterocycles. The second-order valence-corrected chi connectivity index (χ2v) is 7.93. The minimum atomic E-state index is -0.382. The van der Waals surface area contributed by atoms with Crippen molar-refractivity contribution >= 4 is 68.7 Å². The number of hydrogen-bond donors (Lipinski definition) is 2. The molecule has 2 N–H and O–H groups in total. The summed E-state index contributed by atoms with van der Waals surface area (Å²) < 4.78 is 14.2. The summed E-state index contributed by atoms with van der Waals surface area (Å²) in [6.45, 7) is 0. The number of amides is 1. The van der Waals surface area contributed by atoms with Gasteiger partial charge in [0.1, 0.15) is 5.82 Å². The minimum Gasteiger partial charge on any atom is -0.328 e. The van der Waals surface area contributed by atoms with E-state index in [2.05, 4.69) is 20.8 Å². The summed E-state index contributed by atoms with van der Waals surface area (Å²) in [7, 11) is 0. The molecule has 0 unspecified atom stereocenters. The van der Waals surface area contributed by atoms with Gasteiger partial charge in [0.25, 0.3) is 0 Å². The molecule has 26 heavy (non-hydrogen) atoms. The molecule has 2 aromatic carbocycles. The highest BCUT2D eigenvalue weighted by Gasteiger charge is 2.12. The molecule has 1 aromatic heterocycles. The summed E-state index contributed by atoms with van der Waals surface area (Å²) in [6.07, 6.45) is 0. The van der Waals surface area contributed by atoms with E-state index >= 15 is 0 Å². The van der Waals surface area contributed by atoms with Crippen LogP contribution in [0.4, 0.5) is 20.9 Å². The lowest BCUT2D eigenvalue weighted by Gasteiger charge is -2.08.